The van der Waals surface area contributed by atoms with Crippen molar-refractivity contribution >= 4 is 11.8 Å². The molecule has 1 N–H and O–H groups in total. The van der Waals surface area contributed by atoms with Crippen molar-refractivity contribution < 1.29 is 19.0 Å². The number of rotatable bonds is 7. The summed E-state index contributed by atoms with van der Waals surface area (Å²) in [6.07, 6.45) is 3.32. The van der Waals surface area contributed by atoms with E-state index in [0.717, 1.165) is 25.1 Å². The number of hydrogen-bond donors (Lipinski definition) is 1. The Labute approximate surface area is 117 Å². The average molecular weight is 282 g/mol. The molecule has 0 aliphatic heterocycles. The molecule has 0 bridgehead atoms. The Balaban J connectivity index is 2.33. The van der Waals surface area contributed by atoms with Crippen LogP contribution in [0.15, 0.2) is 12.3 Å². The number of hydrogen-bond acceptors (Lipinski definition) is 4. The minimum atomic E-state index is -1.17. The van der Waals surface area contributed by atoms with Gasteiger partial charge in [0.05, 0.1) is 12.8 Å². The van der Waals surface area contributed by atoms with E-state index in [1.165, 1.54) is 0 Å². The fourth-order valence-electron chi connectivity index (χ4n) is 2.34. The zero-order chi connectivity index (χ0) is 14.7. The second-order valence-electron chi connectivity index (χ2n) is 5.09. The highest BCUT2D eigenvalue weighted by atomic mass is 19.1. The van der Waals surface area contributed by atoms with Crippen molar-refractivity contribution in [2.75, 3.05) is 25.2 Å². The lowest BCUT2D eigenvalue weighted by Gasteiger charge is -2.31. The van der Waals surface area contributed by atoms with Gasteiger partial charge in [-0.15, -0.1) is 0 Å². The highest BCUT2D eigenvalue weighted by Crippen LogP contribution is 2.37. The average Bonchev–Trinajstić information content (AvgIpc) is 3.24. The molecule has 1 heterocycles. The van der Waals surface area contributed by atoms with Crippen LogP contribution in [0.25, 0.3) is 0 Å². The predicted molar refractivity (Wildman–Crippen MR) is 72.6 cm³/mol. The maximum atomic E-state index is 13.2. The Morgan fingerprint density at radius 3 is 2.90 bits per heavy atom. The molecule has 20 heavy (non-hydrogen) atoms. The monoisotopic (exact) mass is 282 g/mol. The van der Waals surface area contributed by atoms with Crippen LogP contribution in [-0.2, 0) is 4.74 Å². The first-order valence-electron chi connectivity index (χ1n) is 6.69. The van der Waals surface area contributed by atoms with E-state index < -0.39 is 11.8 Å². The zero-order valence-corrected chi connectivity index (χ0v) is 11.7. The topological polar surface area (TPSA) is 62.7 Å². The van der Waals surface area contributed by atoms with Crippen molar-refractivity contribution in [3.05, 3.63) is 23.6 Å². The van der Waals surface area contributed by atoms with Gasteiger partial charge in [0.25, 0.3) is 0 Å². The summed E-state index contributed by atoms with van der Waals surface area (Å²) in [7, 11) is 1.59. The summed E-state index contributed by atoms with van der Waals surface area (Å²) in [4.78, 5) is 17.2. The summed E-state index contributed by atoms with van der Waals surface area (Å²) >= 11 is 0. The normalized spacial score (nSPS) is 15.9. The first kappa shape index (κ1) is 14.7. The van der Waals surface area contributed by atoms with Gasteiger partial charge in [-0.1, -0.05) is 0 Å². The molecule has 0 spiro atoms. The summed E-state index contributed by atoms with van der Waals surface area (Å²) in [5.41, 5.74) is -0.103. The molecule has 0 radical (unpaired) electrons. The van der Waals surface area contributed by atoms with E-state index in [1.807, 2.05) is 11.8 Å². The van der Waals surface area contributed by atoms with Crippen LogP contribution in [0.2, 0.25) is 0 Å². The third kappa shape index (κ3) is 3.25. The minimum absolute atomic E-state index is 0.103. The quantitative estimate of drug-likeness (QED) is 0.830. The molecule has 1 atom stereocenters. The van der Waals surface area contributed by atoms with Crippen molar-refractivity contribution in [2.24, 2.45) is 5.92 Å². The molecule has 5 nitrogen and oxygen atoms in total. The number of halogens is 1. The molecule has 110 valence electrons. The summed E-state index contributed by atoms with van der Waals surface area (Å²) in [6.45, 7) is 3.05. The summed E-state index contributed by atoms with van der Waals surface area (Å²) in [5, 5.41) is 9.24. The number of aromatic carboxylic acids is 1. The minimum Gasteiger partial charge on any atom is -0.478 e. The number of methoxy groups -OCH3 is 1. The van der Waals surface area contributed by atoms with E-state index in [-0.39, 0.29) is 11.6 Å². The fraction of sp³-hybridized carbons (Fsp3) is 0.571. The second-order valence-corrected chi connectivity index (χ2v) is 5.09. The smallest absolute Gasteiger partial charge is 0.339 e. The van der Waals surface area contributed by atoms with E-state index in [9.17, 15) is 14.3 Å². The van der Waals surface area contributed by atoms with Crippen molar-refractivity contribution in [1.82, 2.24) is 4.98 Å². The number of nitrogens with zero attached hydrogens (tertiary/aromatic N) is 2. The number of ether oxygens (including phenoxy) is 1. The third-order valence-corrected chi connectivity index (χ3v) is 3.67. The second kappa shape index (κ2) is 6.17. The number of carbonyl (C=O) groups is 1. The van der Waals surface area contributed by atoms with Crippen LogP contribution in [0.5, 0.6) is 0 Å². The summed E-state index contributed by atoms with van der Waals surface area (Å²) in [6, 6.07) is 1.19. The van der Waals surface area contributed by atoms with E-state index in [0.29, 0.717) is 24.9 Å². The Bertz CT molecular complexity index is 491. The molecule has 1 saturated carbocycles. The number of aromatic nitrogens is 1. The molecule has 2 rings (SSSR count). The Morgan fingerprint density at radius 2 is 2.35 bits per heavy atom. The first-order chi connectivity index (χ1) is 9.54. The number of pyridine rings is 1. The highest BCUT2D eigenvalue weighted by Gasteiger charge is 2.34. The van der Waals surface area contributed by atoms with Crippen molar-refractivity contribution in [2.45, 2.75) is 25.8 Å². The van der Waals surface area contributed by atoms with Gasteiger partial charge in [-0.05, 0) is 31.7 Å². The molecule has 1 unspecified atom stereocenters. The molecule has 1 fully saturated rings. The standard InChI is InChI=1S/C14H19FN2O3/c1-9(10-3-4-10)17(5-6-20-2)13-12(14(18)19)7-11(15)8-16-13/h7-10H,3-6H2,1-2H3,(H,18,19). The van der Waals surface area contributed by atoms with Crippen LogP contribution in [0, 0.1) is 11.7 Å². The zero-order valence-electron chi connectivity index (χ0n) is 11.7. The molecule has 0 aromatic carbocycles. The molecular weight excluding hydrogens is 263 g/mol. The Morgan fingerprint density at radius 1 is 1.65 bits per heavy atom. The molecular formula is C14H19FN2O3. The molecule has 0 saturated heterocycles. The van der Waals surface area contributed by atoms with Crippen LogP contribution >= 0.6 is 0 Å². The number of carboxylic acid groups (broad SMARTS) is 1. The molecule has 1 aliphatic rings. The highest BCUT2D eigenvalue weighted by molar-refractivity contribution is 5.93. The summed E-state index contributed by atoms with van der Waals surface area (Å²) < 4.78 is 18.3. The Kier molecular flexibility index (Phi) is 4.54. The molecule has 6 heteroatoms. The van der Waals surface area contributed by atoms with Crippen LogP contribution in [0.1, 0.15) is 30.1 Å². The maximum absolute atomic E-state index is 13.2. The van der Waals surface area contributed by atoms with Gasteiger partial charge in [0.2, 0.25) is 0 Å². The van der Waals surface area contributed by atoms with Gasteiger partial charge in [-0.25, -0.2) is 14.2 Å². The van der Waals surface area contributed by atoms with Gasteiger partial charge < -0.3 is 14.7 Å². The van der Waals surface area contributed by atoms with Gasteiger partial charge in [0.1, 0.15) is 17.2 Å². The predicted octanol–water partition coefficient (Wildman–Crippen LogP) is 2.17. The Hall–Kier alpha value is -1.69. The molecule has 1 aromatic rings. The van der Waals surface area contributed by atoms with Gasteiger partial charge in [-0.2, -0.15) is 0 Å². The number of anilines is 1. The molecule has 1 aliphatic carbocycles. The van der Waals surface area contributed by atoms with E-state index >= 15 is 0 Å². The molecule has 0 amide bonds. The van der Waals surface area contributed by atoms with Gasteiger partial charge in [0.15, 0.2) is 0 Å². The summed E-state index contributed by atoms with van der Waals surface area (Å²) in [5.74, 6) is -0.954. The third-order valence-electron chi connectivity index (χ3n) is 3.67. The maximum Gasteiger partial charge on any atom is 0.339 e. The SMILES string of the molecule is COCCN(c1ncc(F)cc1C(=O)O)C(C)C1CC1. The van der Waals surface area contributed by atoms with Crippen molar-refractivity contribution in [3.63, 3.8) is 0 Å². The van der Waals surface area contributed by atoms with E-state index in [4.69, 9.17) is 4.74 Å². The molecule has 1 aromatic heterocycles. The lowest BCUT2D eigenvalue weighted by molar-refractivity contribution is 0.0696. The van der Waals surface area contributed by atoms with Crippen molar-refractivity contribution in [3.8, 4) is 0 Å². The first-order valence-corrected chi connectivity index (χ1v) is 6.69. The van der Waals surface area contributed by atoms with Gasteiger partial charge >= 0.3 is 5.97 Å². The lowest BCUT2D eigenvalue weighted by atomic mass is 10.1. The van der Waals surface area contributed by atoms with E-state index in [1.54, 1.807) is 7.11 Å². The van der Waals surface area contributed by atoms with Crippen LogP contribution in [0.3, 0.4) is 0 Å². The van der Waals surface area contributed by atoms with Crippen LogP contribution in [-0.4, -0.2) is 42.4 Å². The fourth-order valence-corrected chi connectivity index (χ4v) is 2.34. The van der Waals surface area contributed by atoms with Gasteiger partial charge in [-0.3, -0.25) is 0 Å². The lowest BCUT2D eigenvalue weighted by Crippen LogP contribution is -2.39. The van der Waals surface area contributed by atoms with Crippen molar-refractivity contribution in [1.29, 1.82) is 0 Å². The van der Waals surface area contributed by atoms with Crippen LogP contribution < -0.4 is 4.90 Å². The van der Waals surface area contributed by atoms with E-state index in [2.05, 4.69) is 4.98 Å². The van der Waals surface area contributed by atoms with Crippen LogP contribution in [0.4, 0.5) is 10.2 Å². The van der Waals surface area contributed by atoms with Gasteiger partial charge in [0, 0.05) is 19.7 Å². The largest absolute Gasteiger partial charge is 0.478 e. The number of carboxylic acids is 1.